The third-order valence-corrected chi connectivity index (χ3v) is 2.63. The molecular weight excluding hydrogens is 213 g/mol. The van der Waals surface area contributed by atoms with Crippen LogP contribution in [0.3, 0.4) is 0 Å². The molecule has 1 nitrogen and oxygen atoms in total. The lowest BCUT2D eigenvalue weighted by atomic mass is 10.0. The first-order valence-corrected chi connectivity index (χ1v) is 4.79. The van der Waals surface area contributed by atoms with Gasteiger partial charge in [0, 0.05) is 0 Å². The van der Waals surface area contributed by atoms with Crippen molar-refractivity contribution in [3.05, 3.63) is 46.2 Å². The molecule has 0 saturated carbocycles. The lowest BCUT2D eigenvalue weighted by Crippen LogP contribution is -1.85. The van der Waals surface area contributed by atoms with Crippen molar-refractivity contribution in [3.8, 4) is 6.07 Å². The van der Waals surface area contributed by atoms with E-state index in [1.165, 1.54) is 12.1 Å². The van der Waals surface area contributed by atoms with Crippen molar-refractivity contribution in [1.29, 1.82) is 5.26 Å². The van der Waals surface area contributed by atoms with Crippen molar-refractivity contribution < 1.29 is 4.39 Å². The molecule has 0 atom stereocenters. The molecule has 2 rings (SSSR count). The van der Waals surface area contributed by atoms with Crippen LogP contribution in [-0.4, -0.2) is 0 Å². The summed E-state index contributed by atoms with van der Waals surface area (Å²) in [6, 6.07) is 8.50. The molecule has 0 aliphatic heterocycles. The van der Waals surface area contributed by atoms with E-state index in [4.69, 9.17) is 16.9 Å². The Morgan fingerprint density at radius 3 is 2.53 bits per heavy atom. The summed E-state index contributed by atoms with van der Waals surface area (Å²) < 4.78 is 13.2. The smallest absolute Gasteiger partial charge is 0.142 e. The first-order chi connectivity index (χ1) is 7.11. The lowest BCUT2D eigenvalue weighted by molar-refractivity contribution is 0.630. The monoisotopic (exact) mass is 219 g/mol. The van der Waals surface area contributed by atoms with E-state index in [0.717, 1.165) is 16.3 Å². The van der Waals surface area contributed by atoms with E-state index in [9.17, 15) is 4.39 Å². The molecule has 0 saturated heterocycles. The topological polar surface area (TPSA) is 23.8 Å². The maximum Gasteiger partial charge on any atom is 0.142 e. The summed E-state index contributed by atoms with van der Waals surface area (Å²) in [6.07, 6.45) is 0. The lowest BCUT2D eigenvalue weighted by Gasteiger charge is -2.03. The minimum Gasteiger partial charge on any atom is -0.205 e. The molecule has 0 bridgehead atoms. The summed E-state index contributed by atoms with van der Waals surface area (Å²) >= 11 is 5.67. The fourth-order valence-corrected chi connectivity index (χ4v) is 1.70. The van der Waals surface area contributed by atoms with Gasteiger partial charge in [0.2, 0.25) is 0 Å². The van der Waals surface area contributed by atoms with Crippen molar-refractivity contribution in [2.75, 3.05) is 0 Å². The predicted octanol–water partition coefficient (Wildman–Crippen LogP) is 3.81. The molecule has 0 N–H and O–H groups in total. The minimum atomic E-state index is -0.437. The number of nitrogens with zero attached hydrogens (tertiary/aromatic N) is 1. The fourth-order valence-electron chi connectivity index (χ4n) is 1.53. The van der Waals surface area contributed by atoms with E-state index < -0.39 is 5.82 Å². The fraction of sp³-hybridized carbons (Fsp3) is 0.0833. The third kappa shape index (κ3) is 1.67. The standard InChI is InChI=1S/C12H7ClFN/c1-7-2-8-5-12(14)11(13)4-9(8)3-10(7)6-15/h2-5H,1H3. The summed E-state index contributed by atoms with van der Waals surface area (Å²) in [5.41, 5.74) is 1.43. The van der Waals surface area contributed by atoms with Gasteiger partial charge in [-0.15, -0.1) is 0 Å². The number of rotatable bonds is 0. The average Bonchev–Trinajstić information content (AvgIpc) is 2.20. The molecule has 0 fully saturated rings. The Morgan fingerprint density at radius 1 is 1.20 bits per heavy atom. The van der Waals surface area contributed by atoms with Gasteiger partial charge in [-0.2, -0.15) is 5.26 Å². The summed E-state index contributed by atoms with van der Waals surface area (Å²) in [6.45, 7) is 1.82. The molecule has 15 heavy (non-hydrogen) atoms. The normalized spacial score (nSPS) is 10.3. The van der Waals surface area contributed by atoms with Gasteiger partial charge < -0.3 is 0 Å². The average molecular weight is 220 g/mol. The summed E-state index contributed by atoms with van der Waals surface area (Å²) in [5.74, 6) is -0.437. The zero-order valence-corrected chi connectivity index (χ0v) is 8.77. The summed E-state index contributed by atoms with van der Waals surface area (Å²) in [7, 11) is 0. The highest BCUT2D eigenvalue weighted by Crippen LogP contribution is 2.25. The molecule has 0 aliphatic rings. The van der Waals surface area contributed by atoms with E-state index in [2.05, 4.69) is 6.07 Å². The van der Waals surface area contributed by atoms with E-state index in [1.807, 2.05) is 6.92 Å². The van der Waals surface area contributed by atoms with Gasteiger partial charge in [-0.1, -0.05) is 17.7 Å². The first kappa shape index (κ1) is 9.95. The van der Waals surface area contributed by atoms with E-state index in [0.29, 0.717) is 5.56 Å². The highest BCUT2D eigenvalue weighted by Gasteiger charge is 2.05. The molecule has 0 aliphatic carbocycles. The van der Waals surface area contributed by atoms with Crippen molar-refractivity contribution in [2.24, 2.45) is 0 Å². The molecule has 0 radical (unpaired) electrons. The molecule has 0 aromatic heterocycles. The molecular formula is C12H7ClFN. The number of halogens is 2. The van der Waals surface area contributed by atoms with Gasteiger partial charge in [0.05, 0.1) is 16.7 Å². The van der Waals surface area contributed by atoms with Crippen LogP contribution in [0.1, 0.15) is 11.1 Å². The van der Waals surface area contributed by atoms with Crippen LogP contribution in [0.15, 0.2) is 24.3 Å². The molecule has 0 spiro atoms. The maximum atomic E-state index is 13.2. The van der Waals surface area contributed by atoms with Crippen LogP contribution in [0.25, 0.3) is 10.8 Å². The molecule has 2 aromatic carbocycles. The molecule has 0 amide bonds. The van der Waals surface area contributed by atoms with Gasteiger partial charge in [-0.3, -0.25) is 0 Å². The number of fused-ring (bicyclic) bond motifs is 1. The number of hydrogen-bond acceptors (Lipinski definition) is 1. The quantitative estimate of drug-likeness (QED) is 0.661. The number of aryl methyl sites for hydroxylation is 1. The predicted molar refractivity (Wildman–Crippen MR) is 58.4 cm³/mol. The third-order valence-electron chi connectivity index (χ3n) is 2.34. The van der Waals surface area contributed by atoms with Crippen molar-refractivity contribution in [3.63, 3.8) is 0 Å². The second-order valence-electron chi connectivity index (χ2n) is 3.39. The molecule has 2 aromatic rings. The van der Waals surface area contributed by atoms with Crippen molar-refractivity contribution >= 4 is 22.4 Å². The first-order valence-electron chi connectivity index (χ1n) is 4.41. The van der Waals surface area contributed by atoms with Crippen LogP contribution in [0, 0.1) is 24.1 Å². The second kappa shape index (κ2) is 3.52. The van der Waals surface area contributed by atoms with E-state index >= 15 is 0 Å². The minimum absolute atomic E-state index is 0.0789. The van der Waals surface area contributed by atoms with Crippen LogP contribution in [0.5, 0.6) is 0 Å². The largest absolute Gasteiger partial charge is 0.205 e. The SMILES string of the molecule is Cc1cc2cc(F)c(Cl)cc2cc1C#N. The van der Waals surface area contributed by atoms with E-state index in [-0.39, 0.29) is 5.02 Å². The van der Waals surface area contributed by atoms with Gasteiger partial charge in [0.15, 0.2) is 0 Å². The Balaban J connectivity index is 2.84. The highest BCUT2D eigenvalue weighted by atomic mass is 35.5. The Bertz CT molecular complexity index is 584. The zero-order valence-electron chi connectivity index (χ0n) is 8.01. The number of nitriles is 1. The van der Waals surface area contributed by atoms with Gasteiger partial charge in [0.25, 0.3) is 0 Å². The Hall–Kier alpha value is -1.59. The molecule has 74 valence electrons. The van der Waals surface area contributed by atoms with Gasteiger partial charge in [-0.25, -0.2) is 4.39 Å². The maximum absolute atomic E-state index is 13.2. The van der Waals surface area contributed by atoms with Gasteiger partial charge in [0.1, 0.15) is 5.82 Å². The highest BCUT2D eigenvalue weighted by molar-refractivity contribution is 6.31. The zero-order chi connectivity index (χ0) is 11.0. The summed E-state index contributed by atoms with van der Waals surface area (Å²) in [5, 5.41) is 10.5. The van der Waals surface area contributed by atoms with Gasteiger partial charge in [-0.05, 0) is 41.5 Å². The Labute approximate surface area is 91.7 Å². The molecule has 0 heterocycles. The van der Waals surface area contributed by atoms with Crippen LogP contribution in [-0.2, 0) is 0 Å². The molecule has 3 heteroatoms. The summed E-state index contributed by atoms with van der Waals surface area (Å²) in [4.78, 5) is 0. The number of hydrogen-bond donors (Lipinski definition) is 0. The Morgan fingerprint density at radius 2 is 1.87 bits per heavy atom. The van der Waals surface area contributed by atoms with E-state index in [1.54, 1.807) is 12.1 Å². The van der Waals surface area contributed by atoms with Crippen molar-refractivity contribution in [1.82, 2.24) is 0 Å². The van der Waals surface area contributed by atoms with Gasteiger partial charge >= 0.3 is 0 Å². The number of benzene rings is 2. The van der Waals surface area contributed by atoms with Crippen LogP contribution in [0.4, 0.5) is 4.39 Å². The molecule has 0 unspecified atom stereocenters. The second-order valence-corrected chi connectivity index (χ2v) is 3.80. The Kier molecular flexibility index (Phi) is 2.34. The van der Waals surface area contributed by atoms with Crippen LogP contribution in [0.2, 0.25) is 5.02 Å². The van der Waals surface area contributed by atoms with Crippen LogP contribution >= 0.6 is 11.6 Å². The van der Waals surface area contributed by atoms with Crippen LogP contribution < -0.4 is 0 Å². The van der Waals surface area contributed by atoms with Crippen molar-refractivity contribution in [2.45, 2.75) is 6.92 Å².